The van der Waals surface area contributed by atoms with Gasteiger partial charge < -0.3 is 10.6 Å². The third-order valence-electron chi connectivity index (χ3n) is 4.35. The van der Waals surface area contributed by atoms with Crippen LogP contribution in [0.25, 0.3) is 0 Å². The zero-order chi connectivity index (χ0) is 20.1. The zero-order valence-electron chi connectivity index (χ0n) is 16.4. The van der Waals surface area contributed by atoms with E-state index in [0.717, 1.165) is 12.8 Å². The summed E-state index contributed by atoms with van der Waals surface area (Å²) in [5.74, 6) is -0.0414. The van der Waals surface area contributed by atoms with E-state index in [2.05, 4.69) is 10.1 Å². The zero-order valence-corrected chi connectivity index (χ0v) is 16.4. The summed E-state index contributed by atoms with van der Waals surface area (Å²) in [5, 5.41) is 4.02. The first kappa shape index (κ1) is 20.5. The highest BCUT2D eigenvalue weighted by Gasteiger charge is 2.26. The number of aromatic nitrogens is 4. The normalized spacial score (nSPS) is 11.1. The molecule has 2 aromatic heterocycles. The van der Waals surface area contributed by atoms with Gasteiger partial charge in [-0.3, -0.25) is 23.8 Å². The first-order valence-corrected chi connectivity index (χ1v) is 9.19. The van der Waals surface area contributed by atoms with Crippen LogP contribution in [0.4, 0.5) is 11.5 Å². The monoisotopic (exact) mass is 376 g/mol. The van der Waals surface area contributed by atoms with Crippen molar-refractivity contribution in [1.29, 1.82) is 0 Å². The van der Waals surface area contributed by atoms with Crippen LogP contribution < -0.4 is 21.9 Å². The van der Waals surface area contributed by atoms with Crippen LogP contribution in [0.2, 0.25) is 0 Å². The Hall–Kier alpha value is -2.84. The van der Waals surface area contributed by atoms with Crippen molar-refractivity contribution >= 4 is 17.4 Å². The molecule has 0 spiro atoms. The van der Waals surface area contributed by atoms with E-state index in [9.17, 15) is 14.4 Å². The van der Waals surface area contributed by atoms with Gasteiger partial charge in [-0.1, -0.05) is 27.2 Å². The largest absolute Gasteiger partial charge is 0.383 e. The van der Waals surface area contributed by atoms with Crippen molar-refractivity contribution in [2.75, 3.05) is 17.2 Å². The molecule has 0 aromatic carbocycles. The fourth-order valence-electron chi connectivity index (χ4n) is 2.77. The van der Waals surface area contributed by atoms with Gasteiger partial charge in [-0.25, -0.2) is 4.79 Å². The fraction of sp³-hybridized carbons (Fsp3) is 0.556. The van der Waals surface area contributed by atoms with E-state index in [1.54, 1.807) is 13.2 Å². The van der Waals surface area contributed by atoms with E-state index >= 15 is 0 Å². The minimum atomic E-state index is -0.661. The number of aromatic amines is 1. The fourth-order valence-corrected chi connectivity index (χ4v) is 2.77. The number of hydrogen-bond donors (Lipinski definition) is 2. The van der Waals surface area contributed by atoms with Crippen LogP contribution in [-0.2, 0) is 13.6 Å². The summed E-state index contributed by atoms with van der Waals surface area (Å²) in [6, 6.07) is 0. The van der Waals surface area contributed by atoms with E-state index in [0.29, 0.717) is 31.0 Å². The molecule has 0 aliphatic carbocycles. The van der Waals surface area contributed by atoms with Crippen LogP contribution in [0, 0.1) is 5.92 Å². The van der Waals surface area contributed by atoms with Crippen molar-refractivity contribution in [2.45, 2.75) is 46.6 Å². The lowest BCUT2D eigenvalue weighted by Gasteiger charge is -2.25. The summed E-state index contributed by atoms with van der Waals surface area (Å²) in [6.07, 6.45) is 5.31. The number of rotatable bonds is 8. The van der Waals surface area contributed by atoms with Gasteiger partial charge in [0.2, 0.25) is 0 Å². The highest BCUT2D eigenvalue weighted by Crippen LogP contribution is 2.21. The van der Waals surface area contributed by atoms with Crippen molar-refractivity contribution in [3.63, 3.8) is 0 Å². The van der Waals surface area contributed by atoms with Gasteiger partial charge in [0, 0.05) is 26.3 Å². The van der Waals surface area contributed by atoms with Crippen molar-refractivity contribution in [2.24, 2.45) is 13.0 Å². The molecular weight excluding hydrogens is 348 g/mol. The van der Waals surface area contributed by atoms with Crippen molar-refractivity contribution < 1.29 is 4.79 Å². The average molecular weight is 376 g/mol. The molecular formula is C18H28N6O3. The number of aryl methyl sites for hydroxylation is 1. The Kier molecular flexibility index (Phi) is 6.59. The Morgan fingerprint density at radius 3 is 2.63 bits per heavy atom. The maximum Gasteiger partial charge on any atom is 0.330 e. The molecule has 3 N–H and O–H groups in total. The first-order chi connectivity index (χ1) is 12.8. The van der Waals surface area contributed by atoms with Gasteiger partial charge in [-0.05, 0) is 18.8 Å². The summed E-state index contributed by atoms with van der Waals surface area (Å²) in [6.45, 7) is 6.74. The van der Waals surface area contributed by atoms with Crippen LogP contribution in [0.1, 0.15) is 50.4 Å². The minimum Gasteiger partial charge on any atom is -0.383 e. The Balaban J connectivity index is 2.56. The third kappa shape index (κ3) is 4.66. The molecule has 1 amide bonds. The molecule has 2 aromatic rings. The van der Waals surface area contributed by atoms with Gasteiger partial charge >= 0.3 is 5.69 Å². The highest BCUT2D eigenvalue weighted by atomic mass is 16.2. The van der Waals surface area contributed by atoms with Crippen molar-refractivity contribution in [3.05, 3.63) is 38.8 Å². The van der Waals surface area contributed by atoms with Gasteiger partial charge in [-0.15, -0.1) is 0 Å². The first-order valence-electron chi connectivity index (χ1n) is 9.19. The maximum atomic E-state index is 13.1. The van der Waals surface area contributed by atoms with Crippen LogP contribution in [-0.4, -0.2) is 31.8 Å². The van der Waals surface area contributed by atoms with Gasteiger partial charge in [0.1, 0.15) is 5.82 Å². The summed E-state index contributed by atoms with van der Waals surface area (Å²) >= 11 is 0. The number of nitrogens with two attached hydrogens (primary N) is 1. The smallest absolute Gasteiger partial charge is 0.330 e. The van der Waals surface area contributed by atoms with Gasteiger partial charge in [0.15, 0.2) is 5.69 Å². The van der Waals surface area contributed by atoms with E-state index in [4.69, 9.17) is 5.73 Å². The number of anilines is 2. The standard InChI is InChI=1S/C18H28N6O3/c1-5-6-8-24-15(19)14(16(25)21-18(24)27)23(9-7-12(2)3)17(26)13-10-20-22(4)11-13/h10-12H,5-9,19H2,1-4H3,(H,21,25,27). The lowest BCUT2D eigenvalue weighted by atomic mass is 10.1. The number of amides is 1. The molecule has 2 heterocycles. The second kappa shape index (κ2) is 8.70. The van der Waals surface area contributed by atoms with E-state index in [1.807, 2.05) is 20.8 Å². The number of unbranched alkanes of at least 4 members (excludes halogenated alkanes) is 1. The topological polar surface area (TPSA) is 119 Å². The second-order valence-corrected chi connectivity index (χ2v) is 7.04. The Morgan fingerprint density at radius 1 is 1.37 bits per heavy atom. The molecule has 2 rings (SSSR count). The predicted molar refractivity (Wildman–Crippen MR) is 105 cm³/mol. The third-order valence-corrected chi connectivity index (χ3v) is 4.35. The molecule has 0 fully saturated rings. The molecule has 0 saturated carbocycles. The number of nitrogens with one attached hydrogen (secondary N) is 1. The summed E-state index contributed by atoms with van der Waals surface area (Å²) in [4.78, 5) is 41.4. The van der Waals surface area contributed by atoms with Gasteiger partial charge in [0.05, 0.1) is 11.8 Å². The molecule has 9 nitrogen and oxygen atoms in total. The number of carbonyl (C=O) groups excluding carboxylic acids is 1. The van der Waals surface area contributed by atoms with E-state index < -0.39 is 11.2 Å². The molecule has 0 saturated heterocycles. The molecule has 0 unspecified atom stereocenters. The molecule has 27 heavy (non-hydrogen) atoms. The van der Waals surface area contributed by atoms with Crippen LogP contribution >= 0.6 is 0 Å². The van der Waals surface area contributed by atoms with E-state index in [1.165, 1.54) is 20.3 Å². The number of H-pyrrole nitrogens is 1. The Bertz CT molecular complexity index is 909. The number of carbonyl (C=O) groups is 1. The summed E-state index contributed by atoms with van der Waals surface area (Å²) in [5.41, 5.74) is 5.33. The molecule has 0 aliphatic heterocycles. The number of nitrogens with zero attached hydrogens (tertiary/aromatic N) is 4. The molecule has 0 bridgehead atoms. The van der Waals surface area contributed by atoms with Crippen LogP contribution in [0.3, 0.4) is 0 Å². The molecule has 0 atom stereocenters. The van der Waals surface area contributed by atoms with Gasteiger partial charge in [0.25, 0.3) is 11.5 Å². The van der Waals surface area contributed by atoms with Crippen LogP contribution in [0.5, 0.6) is 0 Å². The Labute approximate surface area is 157 Å². The molecule has 0 aliphatic rings. The number of hydrogen-bond acceptors (Lipinski definition) is 5. The quantitative estimate of drug-likeness (QED) is 0.721. The maximum absolute atomic E-state index is 13.1. The predicted octanol–water partition coefficient (Wildman–Crippen LogP) is 1.35. The van der Waals surface area contributed by atoms with Crippen molar-refractivity contribution in [3.8, 4) is 0 Å². The average Bonchev–Trinajstić information content (AvgIpc) is 3.03. The molecule has 148 valence electrons. The summed E-state index contributed by atoms with van der Waals surface area (Å²) < 4.78 is 2.84. The molecule has 0 radical (unpaired) electrons. The SMILES string of the molecule is CCCCn1c(N)c(N(CCC(C)C)C(=O)c2cnn(C)c2)c(=O)[nH]c1=O. The minimum absolute atomic E-state index is 0.0122. The van der Waals surface area contributed by atoms with E-state index in [-0.39, 0.29) is 17.4 Å². The number of nitrogen functional groups attached to an aromatic ring is 1. The highest BCUT2D eigenvalue weighted by molar-refractivity contribution is 6.06. The van der Waals surface area contributed by atoms with Crippen LogP contribution in [0.15, 0.2) is 22.0 Å². The Morgan fingerprint density at radius 2 is 2.07 bits per heavy atom. The van der Waals surface area contributed by atoms with Crippen molar-refractivity contribution in [1.82, 2.24) is 19.3 Å². The summed E-state index contributed by atoms with van der Waals surface area (Å²) in [7, 11) is 1.71. The molecule has 9 heteroatoms. The van der Waals surface area contributed by atoms with Gasteiger partial charge in [-0.2, -0.15) is 5.10 Å². The second-order valence-electron chi connectivity index (χ2n) is 7.04. The lowest BCUT2D eigenvalue weighted by molar-refractivity contribution is 0.0985. The lowest BCUT2D eigenvalue weighted by Crippen LogP contribution is -2.42.